The van der Waals surface area contributed by atoms with E-state index in [0.29, 0.717) is 35.4 Å². The summed E-state index contributed by atoms with van der Waals surface area (Å²) in [6.45, 7) is 3.34. The highest BCUT2D eigenvalue weighted by Gasteiger charge is 2.14. The van der Waals surface area contributed by atoms with Crippen LogP contribution in [0, 0.1) is 0 Å². The first-order chi connectivity index (χ1) is 15.1. The van der Waals surface area contributed by atoms with Gasteiger partial charge < -0.3 is 19.9 Å². The van der Waals surface area contributed by atoms with Crippen LogP contribution >= 0.6 is 11.8 Å². The number of carbonyl (C=O) groups excluding carboxylic acids is 2. The minimum atomic E-state index is -0.206. The van der Waals surface area contributed by atoms with Crippen molar-refractivity contribution in [2.75, 3.05) is 12.9 Å². The van der Waals surface area contributed by atoms with Crippen molar-refractivity contribution in [3.8, 4) is 5.75 Å². The van der Waals surface area contributed by atoms with Crippen molar-refractivity contribution in [2.45, 2.75) is 31.7 Å². The largest absolute Gasteiger partial charge is 0.497 e. The molecule has 2 N–H and O–H groups in total. The molecule has 0 saturated heterocycles. The number of amides is 2. The Morgan fingerprint density at radius 1 is 1.00 bits per heavy atom. The third kappa shape index (κ3) is 6.32. The summed E-state index contributed by atoms with van der Waals surface area (Å²) >= 11 is 1.32. The number of thioether (sulfide) groups is 1. The van der Waals surface area contributed by atoms with Crippen molar-refractivity contribution in [2.24, 2.45) is 0 Å². The second-order valence-electron chi connectivity index (χ2n) is 6.61. The van der Waals surface area contributed by atoms with E-state index < -0.39 is 0 Å². The Labute approximate surface area is 185 Å². The van der Waals surface area contributed by atoms with Crippen LogP contribution in [0.15, 0.2) is 59.8 Å². The normalized spacial score (nSPS) is 10.5. The smallest absolute Gasteiger partial charge is 0.251 e. The van der Waals surface area contributed by atoms with Crippen molar-refractivity contribution in [3.63, 3.8) is 0 Å². The summed E-state index contributed by atoms with van der Waals surface area (Å²) in [4.78, 5) is 24.5. The summed E-state index contributed by atoms with van der Waals surface area (Å²) in [5.41, 5.74) is 1.58. The Balaban J connectivity index is 1.51. The summed E-state index contributed by atoms with van der Waals surface area (Å²) in [6, 6.07) is 16.6. The predicted octanol–water partition coefficient (Wildman–Crippen LogP) is 2.65. The number of rotatable bonds is 10. The molecule has 0 aliphatic carbocycles. The van der Waals surface area contributed by atoms with Gasteiger partial charge in [-0.2, -0.15) is 0 Å². The van der Waals surface area contributed by atoms with Crippen LogP contribution in [0.4, 0.5) is 0 Å². The van der Waals surface area contributed by atoms with E-state index in [0.717, 1.165) is 5.56 Å². The number of methoxy groups -OCH3 is 1. The fourth-order valence-electron chi connectivity index (χ4n) is 2.86. The van der Waals surface area contributed by atoms with Gasteiger partial charge in [0.1, 0.15) is 5.75 Å². The highest BCUT2D eigenvalue weighted by atomic mass is 32.2. The molecule has 3 aromatic rings. The van der Waals surface area contributed by atoms with Gasteiger partial charge in [-0.25, -0.2) is 0 Å². The zero-order valence-electron chi connectivity index (χ0n) is 17.5. The number of ether oxygens (including phenoxy) is 1. The highest BCUT2D eigenvalue weighted by Crippen LogP contribution is 2.17. The number of hydrogen-bond donors (Lipinski definition) is 2. The molecular formula is C22H25N5O3S. The van der Waals surface area contributed by atoms with Gasteiger partial charge in [0.25, 0.3) is 5.91 Å². The molecule has 3 rings (SSSR count). The Morgan fingerprint density at radius 3 is 2.42 bits per heavy atom. The van der Waals surface area contributed by atoms with Gasteiger partial charge in [-0.1, -0.05) is 42.1 Å². The number of carbonyl (C=O) groups is 2. The quantitative estimate of drug-likeness (QED) is 0.471. The molecule has 162 valence electrons. The van der Waals surface area contributed by atoms with E-state index in [2.05, 4.69) is 20.8 Å². The number of aromatic nitrogens is 3. The van der Waals surface area contributed by atoms with Gasteiger partial charge in [-0.3, -0.25) is 9.59 Å². The maximum Gasteiger partial charge on any atom is 0.251 e. The van der Waals surface area contributed by atoms with E-state index >= 15 is 0 Å². The van der Waals surface area contributed by atoms with Crippen LogP contribution in [0.3, 0.4) is 0 Å². The summed E-state index contributed by atoms with van der Waals surface area (Å²) in [6.07, 6.45) is 0. The van der Waals surface area contributed by atoms with E-state index in [4.69, 9.17) is 4.74 Å². The molecule has 2 amide bonds. The second kappa shape index (κ2) is 11.2. The number of hydrogen-bond acceptors (Lipinski definition) is 6. The topological polar surface area (TPSA) is 98.1 Å². The molecule has 0 radical (unpaired) electrons. The Morgan fingerprint density at radius 2 is 1.74 bits per heavy atom. The highest BCUT2D eigenvalue weighted by molar-refractivity contribution is 7.99. The number of nitrogens with one attached hydrogen (secondary N) is 2. The lowest BCUT2D eigenvalue weighted by Crippen LogP contribution is -2.25. The van der Waals surface area contributed by atoms with Crippen molar-refractivity contribution in [1.29, 1.82) is 0 Å². The van der Waals surface area contributed by atoms with Gasteiger partial charge in [0.2, 0.25) is 5.91 Å². The molecule has 8 nitrogen and oxygen atoms in total. The maximum atomic E-state index is 12.4. The van der Waals surface area contributed by atoms with Crippen LogP contribution in [0.5, 0.6) is 5.75 Å². The molecule has 31 heavy (non-hydrogen) atoms. The molecule has 1 aromatic heterocycles. The molecule has 2 aromatic carbocycles. The molecule has 0 bridgehead atoms. The monoisotopic (exact) mass is 439 g/mol. The molecule has 0 fully saturated rings. The molecule has 0 aliphatic heterocycles. The van der Waals surface area contributed by atoms with Gasteiger partial charge >= 0.3 is 0 Å². The van der Waals surface area contributed by atoms with E-state index in [-0.39, 0.29) is 24.1 Å². The number of benzene rings is 2. The summed E-state index contributed by atoms with van der Waals surface area (Å²) in [7, 11) is 1.58. The summed E-state index contributed by atoms with van der Waals surface area (Å²) in [5, 5.41) is 14.7. The van der Waals surface area contributed by atoms with Gasteiger partial charge in [0, 0.05) is 18.7 Å². The first-order valence-corrected chi connectivity index (χ1v) is 10.9. The SMILES string of the molecule is CCn1c(CNC(=O)c2ccc(OC)cc2)nnc1SCC(=O)NCc1ccccc1. The van der Waals surface area contributed by atoms with Crippen molar-refractivity contribution in [3.05, 3.63) is 71.5 Å². The lowest BCUT2D eigenvalue weighted by atomic mass is 10.2. The van der Waals surface area contributed by atoms with Crippen LogP contribution < -0.4 is 15.4 Å². The minimum Gasteiger partial charge on any atom is -0.497 e. The van der Waals surface area contributed by atoms with Crippen molar-refractivity contribution < 1.29 is 14.3 Å². The Bertz CT molecular complexity index is 1010. The van der Waals surface area contributed by atoms with Crippen molar-refractivity contribution >= 4 is 23.6 Å². The fraction of sp³-hybridized carbons (Fsp3) is 0.273. The molecule has 1 heterocycles. The molecule has 9 heteroatoms. The van der Waals surface area contributed by atoms with Gasteiger partial charge in [-0.05, 0) is 36.8 Å². The van der Waals surface area contributed by atoms with E-state index in [1.165, 1.54) is 11.8 Å². The Hall–Kier alpha value is -3.33. The van der Waals surface area contributed by atoms with Gasteiger partial charge in [0.05, 0.1) is 19.4 Å². The lowest BCUT2D eigenvalue weighted by molar-refractivity contribution is -0.118. The zero-order valence-corrected chi connectivity index (χ0v) is 18.3. The van der Waals surface area contributed by atoms with E-state index in [1.54, 1.807) is 31.4 Å². The van der Waals surface area contributed by atoms with Crippen LogP contribution in [-0.4, -0.2) is 39.4 Å². The van der Waals surface area contributed by atoms with Gasteiger partial charge in [-0.15, -0.1) is 10.2 Å². The second-order valence-corrected chi connectivity index (χ2v) is 7.55. The molecular weight excluding hydrogens is 414 g/mol. The Kier molecular flexibility index (Phi) is 8.05. The maximum absolute atomic E-state index is 12.4. The molecule has 0 atom stereocenters. The fourth-order valence-corrected chi connectivity index (χ4v) is 3.71. The lowest BCUT2D eigenvalue weighted by Gasteiger charge is -2.09. The van der Waals surface area contributed by atoms with Crippen LogP contribution in [-0.2, 0) is 24.4 Å². The average molecular weight is 440 g/mol. The molecule has 0 aliphatic rings. The van der Waals surface area contributed by atoms with E-state index in [1.807, 2.05) is 41.8 Å². The summed E-state index contributed by atoms with van der Waals surface area (Å²) in [5.74, 6) is 1.29. The first kappa shape index (κ1) is 22.4. The van der Waals surface area contributed by atoms with Crippen molar-refractivity contribution in [1.82, 2.24) is 25.4 Å². The zero-order chi connectivity index (χ0) is 22.1. The first-order valence-electron chi connectivity index (χ1n) is 9.88. The average Bonchev–Trinajstić information content (AvgIpc) is 3.22. The van der Waals surface area contributed by atoms with Crippen LogP contribution in [0.1, 0.15) is 28.7 Å². The number of nitrogens with zero attached hydrogens (tertiary/aromatic N) is 3. The summed E-state index contributed by atoms with van der Waals surface area (Å²) < 4.78 is 7.00. The van der Waals surface area contributed by atoms with Crippen LogP contribution in [0.2, 0.25) is 0 Å². The van der Waals surface area contributed by atoms with E-state index in [9.17, 15) is 9.59 Å². The third-order valence-electron chi connectivity index (χ3n) is 4.53. The molecule has 0 unspecified atom stereocenters. The molecule has 0 saturated carbocycles. The standard InChI is InChI=1S/C22H25N5O3S/c1-3-27-19(14-24-21(29)17-9-11-18(30-2)12-10-17)25-26-22(27)31-15-20(28)23-13-16-7-5-4-6-8-16/h4-12H,3,13-15H2,1-2H3,(H,23,28)(H,24,29). The molecule has 0 spiro atoms. The van der Waals surface area contributed by atoms with Gasteiger partial charge in [0.15, 0.2) is 11.0 Å². The predicted molar refractivity (Wildman–Crippen MR) is 119 cm³/mol. The van der Waals surface area contributed by atoms with Crippen LogP contribution in [0.25, 0.3) is 0 Å². The minimum absolute atomic E-state index is 0.0751. The third-order valence-corrected chi connectivity index (χ3v) is 5.50.